The average Bonchev–Trinajstić information content (AvgIpc) is 3.15. The predicted molar refractivity (Wildman–Crippen MR) is 116 cm³/mol. The maximum atomic E-state index is 12.9. The van der Waals surface area contributed by atoms with E-state index < -0.39 is 0 Å². The van der Waals surface area contributed by atoms with Crippen LogP contribution in [0.3, 0.4) is 0 Å². The Labute approximate surface area is 169 Å². The predicted octanol–water partition coefficient (Wildman–Crippen LogP) is 5.53. The maximum absolute atomic E-state index is 12.9. The molecular formula is C21H24ClN3OS. The molecule has 0 radical (unpaired) electrons. The van der Waals surface area contributed by atoms with Gasteiger partial charge in [0.25, 0.3) is 5.91 Å². The molecule has 0 bridgehead atoms. The zero-order valence-corrected chi connectivity index (χ0v) is 17.8. The van der Waals surface area contributed by atoms with Crippen molar-refractivity contribution in [3.05, 3.63) is 57.7 Å². The quantitative estimate of drug-likeness (QED) is 0.632. The smallest absolute Gasteiger partial charge is 0.267 e. The van der Waals surface area contributed by atoms with Crippen molar-refractivity contribution in [2.45, 2.75) is 46.7 Å². The number of carbonyl (C=O) groups excluding carboxylic acids is 1. The van der Waals surface area contributed by atoms with Gasteiger partial charge in [0.2, 0.25) is 0 Å². The molecule has 6 heteroatoms. The number of hydrogen-bond acceptors (Lipinski definition) is 3. The van der Waals surface area contributed by atoms with Gasteiger partial charge >= 0.3 is 0 Å². The molecule has 0 N–H and O–H groups in total. The Morgan fingerprint density at radius 1 is 1.19 bits per heavy atom. The van der Waals surface area contributed by atoms with E-state index in [9.17, 15) is 4.79 Å². The first-order chi connectivity index (χ1) is 12.8. The topological polar surface area (TPSA) is 37.6 Å². The van der Waals surface area contributed by atoms with Crippen LogP contribution < -0.4 is 0 Å². The number of benzene rings is 1. The number of aliphatic imine (C=N–C) groups is 1. The van der Waals surface area contributed by atoms with E-state index in [1.54, 1.807) is 4.90 Å². The van der Waals surface area contributed by atoms with Crippen LogP contribution in [0.4, 0.5) is 0 Å². The molecule has 0 unspecified atom stereocenters. The van der Waals surface area contributed by atoms with Crippen LogP contribution in [-0.2, 0) is 4.79 Å². The second kappa shape index (κ2) is 7.95. The number of thioether (sulfide) groups is 1. The van der Waals surface area contributed by atoms with Crippen molar-refractivity contribution in [3.8, 4) is 5.69 Å². The van der Waals surface area contributed by atoms with Crippen molar-refractivity contribution < 1.29 is 4.79 Å². The molecule has 2 heterocycles. The summed E-state index contributed by atoms with van der Waals surface area (Å²) in [4.78, 5) is 20.0. The van der Waals surface area contributed by atoms with Gasteiger partial charge in [0.15, 0.2) is 5.17 Å². The number of aryl methyl sites for hydroxylation is 1. The van der Waals surface area contributed by atoms with E-state index in [4.69, 9.17) is 11.6 Å². The van der Waals surface area contributed by atoms with Crippen molar-refractivity contribution in [3.63, 3.8) is 0 Å². The first kappa shape index (κ1) is 19.8. The fourth-order valence-electron chi connectivity index (χ4n) is 2.87. The third-order valence-electron chi connectivity index (χ3n) is 4.21. The highest BCUT2D eigenvalue weighted by Gasteiger charge is 2.35. The molecule has 1 aromatic heterocycles. The van der Waals surface area contributed by atoms with E-state index in [0.29, 0.717) is 4.91 Å². The fraction of sp³-hybridized carbons (Fsp3) is 0.333. The zero-order chi connectivity index (χ0) is 19.7. The fourth-order valence-corrected chi connectivity index (χ4v) is 4.26. The average molecular weight is 402 g/mol. The summed E-state index contributed by atoms with van der Waals surface area (Å²) >= 11 is 7.73. The van der Waals surface area contributed by atoms with Crippen LogP contribution in [0.1, 0.15) is 39.0 Å². The molecule has 27 heavy (non-hydrogen) atoms. The highest BCUT2D eigenvalue weighted by Crippen LogP contribution is 2.34. The Balaban J connectivity index is 1.99. The third kappa shape index (κ3) is 4.14. The Kier molecular flexibility index (Phi) is 5.82. The van der Waals surface area contributed by atoms with Gasteiger partial charge in [-0.15, -0.1) is 0 Å². The van der Waals surface area contributed by atoms with E-state index in [2.05, 4.69) is 4.99 Å². The summed E-state index contributed by atoms with van der Waals surface area (Å²) in [7, 11) is 0. The Morgan fingerprint density at radius 3 is 2.56 bits per heavy atom. The second-order valence-electron chi connectivity index (χ2n) is 7.12. The molecule has 4 nitrogen and oxygen atoms in total. The molecule has 142 valence electrons. The van der Waals surface area contributed by atoms with Gasteiger partial charge in [0.05, 0.1) is 4.91 Å². The highest BCUT2D eigenvalue weighted by molar-refractivity contribution is 8.18. The van der Waals surface area contributed by atoms with Gasteiger partial charge in [-0.3, -0.25) is 14.7 Å². The molecule has 1 aromatic carbocycles. The Morgan fingerprint density at radius 2 is 1.93 bits per heavy atom. The summed E-state index contributed by atoms with van der Waals surface area (Å²) < 4.78 is 2.03. The number of aromatic nitrogens is 1. The number of halogens is 1. The molecule has 1 aliphatic heterocycles. The lowest BCUT2D eigenvalue weighted by Gasteiger charge is -2.20. The first-order valence-electron chi connectivity index (χ1n) is 9.02. The molecular weight excluding hydrogens is 378 g/mol. The van der Waals surface area contributed by atoms with E-state index in [1.165, 1.54) is 11.8 Å². The largest absolute Gasteiger partial charge is 0.317 e. The molecule has 0 aliphatic carbocycles. The minimum Gasteiger partial charge on any atom is -0.317 e. The zero-order valence-electron chi connectivity index (χ0n) is 16.2. The molecule has 0 atom stereocenters. The van der Waals surface area contributed by atoms with Gasteiger partial charge in [0, 0.05) is 34.7 Å². The summed E-state index contributed by atoms with van der Waals surface area (Å²) in [5.41, 5.74) is 2.94. The van der Waals surface area contributed by atoms with Gasteiger partial charge in [-0.2, -0.15) is 0 Å². The van der Waals surface area contributed by atoms with Crippen LogP contribution in [-0.4, -0.2) is 32.6 Å². The van der Waals surface area contributed by atoms with Crippen molar-refractivity contribution >= 4 is 40.5 Å². The van der Waals surface area contributed by atoms with Crippen LogP contribution in [0.15, 0.2) is 46.4 Å². The van der Waals surface area contributed by atoms with Crippen LogP contribution in [0.5, 0.6) is 0 Å². The number of hydrogen-bond donors (Lipinski definition) is 0. The van der Waals surface area contributed by atoms with Gasteiger partial charge in [-0.1, -0.05) is 17.7 Å². The minimum absolute atomic E-state index is 0.00379. The van der Waals surface area contributed by atoms with Crippen LogP contribution in [0.2, 0.25) is 5.02 Å². The third-order valence-corrected chi connectivity index (χ3v) is 5.62. The molecule has 1 saturated heterocycles. The number of carbonyl (C=O) groups is 1. The normalized spacial score (nSPS) is 17.9. The number of amides is 1. The SMILES string of the molecule is Cc1ccc(-n2cccc2/C=C2/SC(=NC(C)C)N(C(C)C)C2=O)cc1Cl. The van der Waals surface area contributed by atoms with Crippen LogP contribution in [0.25, 0.3) is 11.8 Å². The molecule has 1 amide bonds. The number of rotatable bonds is 4. The lowest BCUT2D eigenvalue weighted by atomic mass is 10.2. The van der Waals surface area contributed by atoms with Crippen LogP contribution >= 0.6 is 23.4 Å². The Bertz CT molecular complexity index is 927. The van der Waals surface area contributed by atoms with Gasteiger partial charge < -0.3 is 4.57 Å². The standard InChI is InChI=1S/C21H24ClN3OS/c1-13(2)23-21-25(14(3)4)20(26)19(27-21)12-16-7-6-10-24(16)17-9-8-15(5)18(22)11-17/h6-14H,1-5H3/b19-12+,23-21?. The highest BCUT2D eigenvalue weighted by atomic mass is 35.5. The lowest BCUT2D eigenvalue weighted by molar-refractivity contribution is -0.123. The van der Waals surface area contributed by atoms with E-state index in [1.807, 2.05) is 81.8 Å². The van der Waals surface area contributed by atoms with Gasteiger partial charge in [-0.05, 0) is 82.3 Å². The van der Waals surface area contributed by atoms with E-state index in [0.717, 1.165) is 27.1 Å². The monoisotopic (exact) mass is 401 g/mol. The number of nitrogens with zero attached hydrogens (tertiary/aromatic N) is 3. The van der Waals surface area contributed by atoms with E-state index >= 15 is 0 Å². The molecule has 1 aliphatic rings. The maximum Gasteiger partial charge on any atom is 0.267 e. The molecule has 0 saturated carbocycles. The second-order valence-corrected chi connectivity index (χ2v) is 8.54. The van der Waals surface area contributed by atoms with E-state index in [-0.39, 0.29) is 18.0 Å². The summed E-state index contributed by atoms with van der Waals surface area (Å²) in [6.45, 7) is 10.0. The molecule has 2 aromatic rings. The van der Waals surface area contributed by atoms with Crippen LogP contribution in [0, 0.1) is 6.92 Å². The summed E-state index contributed by atoms with van der Waals surface area (Å²) in [5, 5.41) is 1.50. The number of amidine groups is 1. The minimum atomic E-state index is 0.00379. The summed E-state index contributed by atoms with van der Waals surface area (Å²) in [5.74, 6) is 0.00379. The molecule has 1 fully saturated rings. The van der Waals surface area contributed by atoms with Gasteiger partial charge in [0.1, 0.15) is 0 Å². The van der Waals surface area contributed by atoms with Crippen molar-refractivity contribution in [1.82, 2.24) is 9.47 Å². The Hall–Kier alpha value is -1.98. The van der Waals surface area contributed by atoms with Crippen molar-refractivity contribution in [1.29, 1.82) is 0 Å². The molecule has 3 rings (SSSR count). The van der Waals surface area contributed by atoms with Crippen molar-refractivity contribution in [2.75, 3.05) is 0 Å². The first-order valence-corrected chi connectivity index (χ1v) is 10.2. The van der Waals surface area contributed by atoms with Crippen molar-refractivity contribution in [2.24, 2.45) is 4.99 Å². The lowest BCUT2D eigenvalue weighted by Crippen LogP contribution is -2.35. The summed E-state index contributed by atoms with van der Waals surface area (Å²) in [6.07, 6.45) is 3.90. The summed E-state index contributed by atoms with van der Waals surface area (Å²) in [6, 6.07) is 10.1. The molecule has 0 spiro atoms. The van der Waals surface area contributed by atoms with Gasteiger partial charge in [-0.25, -0.2) is 0 Å².